The minimum absolute atomic E-state index is 0.186. The first-order chi connectivity index (χ1) is 11.2. The van der Waals surface area contributed by atoms with E-state index in [1.807, 2.05) is 36.4 Å². The van der Waals surface area contributed by atoms with E-state index < -0.39 is 0 Å². The minimum atomic E-state index is -0.186. The van der Waals surface area contributed by atoms with Crippen LogP contribution in [0.3, 0.4) is 0 Å². The summed E-state index contributed by atoms with van der Waals surface area (Å²) in [7, 11) is 0. The zero-order valence-corrected chi connectivity index (χ0v) is 13.0. The Balaban J connectivity index is 1.45. The second kappa shape index (κ2) is 7.26. The molecule has 0 aromatic heterocycles. The molecule has 4 heteroatoms. The van der Waals surface area contributed by atoms with E-state index in [1.54, 1.807) is 0 Å². The van der Waals surface area contributed by atoms with Crippen LogP contribution < -0.4 is 10.2 Å². The van der Waals surface area contributed by atoms with Crippen LogP contribution in [-0.4, -0.2) is 19.6 Å². The van der Waals surface area contributed by atoms with Crippen molar-refractivity contribution in [1.82, 2.24) is 5.32 Å². The topological polar surface area (TPSA) is 39.1 Å². The maximum atomic E-state index is 13.0. The van der Waals surface area contributed by atoms with Gasteiger partial charge in [0.25, 0.3) is 0 Å². The van der Waals surface area contributed by atoms with Crippen molar-refractivity contribution in [1.29, 1.82) is 5.26 Å². The van der Waals surface area contributed by atoms with Crippen LogP contribution >= 0.6 is 0 Å². The molecule has 0 saturated carbocycles. The summed E-state index contributed by atoms with van der Waals surface area (Å²) in [4.78, 5) is 2.31. The lowest BCUT2D eigenvalue weighted by molar-refractivity contribution is 0.516. The summed E-state index contributed by atoms with van der Waals surface area (Å²) in [6, 6.07) is 16.5. The number of nitrogens with zero attached hydrogens (tertiary/aromatic N) is 2. The number of nitrogens with one attached hydrogen (secondary N) is 1. The van der Waals surface area contributed by atoms with Crippen LogP contribution in [0.15, 0.2) is 48.5 Å². The van der Waals surface area contributed by atoms with Gasteiger partial charge < -0.3 is 10.2 Å². The van der Waals surface area contributed by atoms with Crippen LogP contribution in [0.2, 0.25) is 0 Å². The molecule has 1 fully saturated rings. The van der Waals surface area contributed by atoms with Gasteiger partial charge in [-0.05, 0) is 54.3 Å². The van der Waals surface area contributed by atoms with E-state index in [1.165, 1.54) is 17.7 Å². The Kier molecular flexibility index (Phi) is 4.89. The fourth-order valence-electron chi connectivity index (χ4n) is 3.00. The summed E-state index contributed by atoms with van der Waals surface area (Å²) in [5.74, 6) is 0.423. The third kappa shape index (κ3) is 4.08. The molecule has 1 atom stereocenters. The highest BCUT2D eigenvalue weighted by molar-refractivity contribution is 5.47. The summed E-state index contributed by atoms with van der Waals surface area (Å²) in [6.07, 6.45) is 1.15. The van der Waals surface area contributed by atoms with Crippen molar-refractivity contribution in [3.63, 3.8) is 0 Å². The van der Waals surface area contributed by atoms with Crippen LogP contribution in [0.4, 0.5) is 10.1 Å². The number of rotatable bonds is 5. The molecule has 0 unspecified atom stereocenters. The quantitative estimate of drug-likeness (QED) is 0.921. The van der Waals surface area contributed by atoms with Crippen molar-refractivity contribution in [2.45, 2.75) is 13.0 Å². The van der Waals surface area contributed by atoms with Gasteiger partial charge in [0.15, 0.2) is 0 Å². The Hall–Kier alpha value is -2.38. The Labute approximate surface area is 136 Å². The highest BCUT2D eigenvalue weighted by atomic mass is 19.1. The number of nitriles is 1. The van der Waals surface area contributed by atoms with Gasteiger partial charge in [0, 0.05) is 31.9 Å². The number of hydrogen-bond donors (Lipinski definition) is 1. The Bertz CT molecular complexity index is 673. The van der Waals surface area contributed by atoms with E-state index in [0.29, 0.717) is 11.5 Å². The molecule has 2 aromatic carbocycles. The summed E-state index contributed by atoms with van der Waals surface area (Å²) < 4.78 is 13.0. The molecule has 3 rings (SSSR count). The molecule has 0 bridgehead atoms. The van der Waals surface area contributed by atoms with Gasteiger partial charge in [-0.25, -0.2) is 4.39 Å². The largest absolute Gasteiger partial charge is 0.371 e. The summed E-state index contributed by atoms with van der Waals surface area (Å²) >= 11 is 0. The maximum Gasteiger partial charge on any atom is 0.123 e. The second-order valence-electron chi connectivity index (χ2n) is 6.02. The van der Waals surface area contributed by atoms with E-state index in [9.17, 15) is 4.39 Å². The van der Waals surface area contributed by atoms with E-state index in [0.717, 1.165) is 38.3 Å². The highest BCUT2D eigenvalue weighted by Gasteiger charge is 2.22. The van der Waals surface area contributed by atoms with E-state index >= 15 is 0 Å². The lowest BCUT2D eigenvalue weighted by atomic mass is 10.1. The molecule has 23 heavy (non-hydrogen) atoms. The molecule has 1 heterocycles. The first kappa shape index (κ1) is 15.5. The maximum absolute atomic E-state index is 13.0. The fourth-order valence-corrected chi connectivity index (χ4v) is 3.00. The Morgan fingerprint density at radius 2 is 1.87 bits per heavy atom. The van der Waals surface area contributed by atoms with Gasteiger partial charge in [0.2, 0.25) is 0 Å². The van der Waals surface area contributed by atoms with Crippen molar-refractivity contribution in [3.05, 3.63) is 65.5 Å². The molecule has 1 aliphatic rings. The standard InChI is InChI=1S/C19H20FN3/c20-18-5-7-19(8-6-18)23-10-9-17(14-23)13-22-12-16-3-1-15(11-21)2-4-16/h1-8,17,22H,9-10,12-14H2/t17-/m1/s1. The third-order valence-electron chi connectivity index (χ3n) is 4.32. The first-order valence-electron chi connectivity index (χ1n) is 7.95. The second-order valence-corrected chi connectivity index (χ2v) is 6.02. The van der Waals surface area contributed by atoms with E-state index in [4.69, 9.17) is 5.26 Å². The van der Waals surface area contributed by atoms with Gasteiger partial charge in [-0.2, -0.15) is 5.26 Å². The minimum Gasteiger partial charge on any atom is -0.371 e. The van der Waals surface area contributed by atoms with Gasteiger partial charge >= 0.3 is 0 Å². The van der Waals surface area contributed by atoms with Crippen molar-refractivity contribution in [2.75, 3.05) is 24.5 Å². The average molecular weight is 309 g/mol. The summed E-state index contributed by atoms with van der Waals surface area (Å²) in [6.45, 7) is 3.82. The monoisotopic (exact) mass is 309 g/mol. The molecular weight excluding hydrogens is 289 g/mol. The van der Waals surface area contributed by atoms with Gasteiger partial charge in [0.1, 0.15) is 5.82 Å². The van der Waals surface area contributed by atoms with Gasteiger partial charge in [-0.15, -0.1) is 0 Å². The van der Waals surface area contributed by atoms with E-state index in [-0.39, 0.29) is 5.82 Å². The molecule has 1 aliphatic heterocycles. The molecule has 0 aliphatic carbocycles. The molecule has 118 valence electrons. The zero-order chi connectivity index (χ0) is 16.1. The molecular formula is C19H20FN3. The van der Waals surface area contributed by atoms with Gasteiger partial charge in [0.05, 0.1) is 11.6 Å². The molecule has 1 N–H and O–H groups in total. The fraction of sp³-hybridized carbons (Fsp3) is 0.316. The third-order valence-corrected chi connectivity index (χ3v) is 4.32. The Morgan fingerprint density at radius 1 is 1.13 bits per heavy atom. The molecule has 3 nitrogen and oxygen atoms in total. The van der Waals surface area contributed by atoms with Crippen molar-refractivity contribution in [3.8, 4) is 6.07 Å². The zero-order valence-electron chi connectivity index (χ0n) is 13.0. The van der Waals surface area contributed by atoms with Crippen LogP contribution in [0.25, 0.3) is 0 Å². The number of hydrogen-bond acceptors (Lipinski definition) is 3. The summed E-state index contributed by atoms with van der Waals surface area (Å²) in [5.41, 5.74) is 2.98. The molecule has 0 amide bonds. The van der Waals surface area contributed by atoms with Gasteiger partial charge in [-0.3, -0.25) is 0 Å². The SMILES string of the molecule is N#Cc1ccc(CNC[C@H]2CCN(c3ccc(F)cc3)C2)cc1. The number of anilines is 1. The lowest BCUT2D eigenvalue weighted by Crippen LogP contribution is -2.26. The van der Waals surface area contributed by atoms with Gasteiger partial charge in [-0.1, -0.05) is 12.1 Å². The predicted octanol–water partition coefficient (Wildman–Crippen LogP) is 3.31. The highest BCUT2D eigenvalue weighted by Crippen LogP contribution is 2.23. The lowest BCUT2D eigenvalue weighted by Gasteiger charge is -2.19. The van der Waals surface area contributed by atoms with Crippen molar-refractivity contribution >= 4 is 5.69 Å². The molecule has 0 radical (unpaired) electrons. The summed E-state index contributed by atoms with van der Waals surface area (Å²) in [5, 5.41) is 12.3. The Morgan fingerprint density at radius 3 is 2.57 bits per heavy atom. The average Bonchev–Trinajstić information content (AvgIpc) is 3.05. The molecule has 1 saturated heterocycles. The normalized spacial score (nSPS) is 17.2. The molecule has 0 spiro atoms. The van der Waals surface area contributed by atoms with Crippen molar-refractivity contribution < 1.29 is 4.39 Å². The van der Waals surface area contributed by atoms with Crippen LogP contribution in [0, 0.1) is 23.1 Å². The number of benzene rings is 2. The smallest absolute Gasteiger partial charge is 0.123 e. The van der Waals surface area contributed by atoms with Crippen LogP contribution in [-0.2, 0) is 6.54 Å². The van der Waals surface area contributed by atoms with Crippen LogP contribution in [0.1, 0.15) is 17.5 Å². The van der Waals surface area contributed by atoms with E-state index in [2.05, 4.69) is 16.3 Å². The predicted molar refractivity (Wildman–Crippen MR) is 89.6 cm³/mol. The van der Waals surface area contributed by atoms with Crippen molar-refractivity contribution in [2.24, 2.45) is 5.92 Å². The van der Waals surface area contributed by atoms with Crippen LogP contribution in [0.5, 0.6) is 0 Å². The first-order valence-corrected chi connectivity index (χ1v) is 7.95. The molecule has 2 aromatic rings. The number of halogens is 1.